The van der Waals surface area contributed by atoms with Crippen molar-refractivity contribution in [3.63, 3.8) is 0 Å². The number of oxazole rings is 1. The molecule has 1 amide bonds. The molecule has 0 saturated carbocycles. The summed E-state index contributed by atoms with van der Waals surface area (Å²) in [6, 6.07) is 2.40. The maximum absolute atomic E-state index is 13.7. The van der Waals surface area contributed by atoms with Crippen molar-refractivity contribution in [1.29, 1.82) is 0 Å². The minimum absolute atomic E-state index is 0.0718. The van der Waals surface area contributed by atoms with E-state index in [2.05, 4.69) is 15.2 Å². The van der Waals surface area contributed by atoms with Gasteiger partial charge in [-0.1, -0.05) is 0 Å². The zero-order valence-electron chi connectivity index (χ0n) is 12.0. The highest BCUT2D eigenvalue weighted by Gasteiger charge is 2.35. The Morgan fingerprint density at radius 3 is 2.86 bits per heavy atom. The second-order valence-electron chi connectivity index (χ2n) is 6.07. The van der Waals surface area contributed by atoms with Crippen LogP contribution in [-0.4, -0.2) is 41.5 Å². The van der Waals surface area contributed by atoms with Crippen LogP contribution >= 0.6 is 0 Å². The number of hydrogen-bond acceptors (Lipinski definition) is 5. The first-order chi connectivity index (χ1) is 10.6. The number of benzene rings is 1. The van der Waals surface area contributed by atoms with Crippen molar-refractivity contribution >= 4 is 23.0 Å². The van der Waals surface area contributed by atoms with Crippen LogP contribution in [0.4, 0.5) is 10.4 Å². The van der Waals surface area contributed by atoms with E-state index in [9.17, 15) is 9.18 Å². The van der Waals surface area contributed by atoms with Gasteiger partial charge in [0.1, 0.15) is 11.3 Å². The third-order valence-corrected chi connectivity index (χ3v) is 4.69. The predicted molar refractivity (Wildman–Crippen MR) is 78.8 cm³/mol. The van der Waals surface area contributed by atoms with E-state index in [0.717, 1.165) is 32.5 Å². The largest absolute Gasteiger partial charge is 0.424 e. The van der Waals surface area contributed by atoms with Crippen molar-refractivity contribution in [2.75, 3.05) is 25.4 Å². The van der Waals surface area contributed by atoms with Gasteiger partial charge in [0.15, 0.2) is 5.58 Å². The van der Waals surface area contributed by atoms with E-state index in [1.807, 2.05) is 0 Å². The summed E-state index contributed by atoms with van der Waals surface area (Å²) in [6.07, 6.45) is 2.20. The van der Waals surface area contributed by atoms with Gasteiger partial charge in [0.25, 0.3) is 11.9 Å². The zero-order chi connectivity index (χ0) is 15.3. The molecule has 3 aliphatic heterocycles. The Balaban J connectivity index is 1.62. The van der Waals surface area contributed by atoms with Crippen molar-refractivity contribution in [3.05, 3.63) is 23.5 Å². The van der Waals surface area contributed by atoms with Crippen LogP contribution in [0.5, 0.6) is 0 Å². The van der Waals surface area contributed by atoms with E-state index in [4.69, 9.17) is 10.2 Å². The van der Waals surface area contributed by atoms with E-state index >= 15 is 0 Å². The summed E-state index contributed by atoms with van der Waals surface area (Å²) in [4.78, 5) is 18.9. The standard InChI is InChI=1S/C15H17FN4O2/c16-9-5-10(13-12(6-9)22-15(17)19-13)14(21)18-11-7-20-3-1-8(11)2-4-20/h5-6,8,11H,1-4,7H2,(H2,17,19)(H,18,21). The predicted octanol–water partition coefficient (Wildman–Crippen LogP) is 1.37. The van der Waals surface area contributed by atoms with Crippen LogP contribution in [0.25, 0.3) is 11.1 Å². The summed E-state index contributed by atoms with van der Waals surface area (Å²) in [7, 11) is 0. The number of nitrogens with two attached hydrogens (primary N) is 1. The number of anilines is 1. The van der Waals surface area contributed by atoms with Gasteiger partial charge in [0.2, 0.25) is 0 Å². The topological polar surface area (TPSA) is 84.4 Å². The summed E-state index contributed by atoms with van der Waals surface area (Å²) in [6.45, 7) is 3.05. The Morgan fingerprint density at radius 2 is 2.18 bits per heavy atom. The molecular weight excluding hydrogens is 287 g/mol. The molecule has 6 nitrogen and oxygen atoms in total. The Morgan fingerprint density at radius 1 is 1.41 bits per heavy atom. The number of carbonyl (C=O) groups excluding carboxylic acids is 1. The number of hydrogen-bond donors (Lipinski definition) is 2. The van der Waals surface area contributed by atoms with Crippen molar-refractivity contribution in [3.8, 4) is 0 Å². The normalized spacial score (nSPS) is 27.2. The highest BCUT2D eigenvalue weighted by molar-refractivity contribution is 6.04. The molecule has 22 heavy (non-hydrogen) atoms. The molecule has 4 heterocycles. The number of fused-ring (bicyclic) bond motifs is 4. The number of halogens is 1. The Labute approximate surface area is 126 Å². The molecule has 5 rings (SSSR count). The first kappa shape index (κ1) is 13.5. The highest BCUT2D eigenvalue weighted by Crippen LogP contribution is 2.28. The fourth-order valence-corrected chi connectivity index (χ4v) is 3.56. The summed E-state index contributed by atoms with van der Waals surface area (Å²) in [5.41, 5.74) is 6.17. The first-order valence-electron chi connectivity index (χ1n) is 7.49. The molecule has 1 aromatic carbocycles. The van der Waals surface area contributed by atoms with Gasteiger partial charge in [0.05, 0.1) is 5.56 Å². The van der Waals surface area contributed by atoms with E-state index in [0.29, 0.717) is 11.4 Å². The molecule has 3 aliphatic rings. The molecule has 2 bridgehead atoms. The van der Waals surface area contributed by atoms with Crippen molar-refractivity contribution in [1.82, 2.24) is 15.2 Å². The molecule has 1 unspecified atom stereocenters. The Bertz CT molecular complexity index is 736. The molecule has 3 saturated heterocycles. The average Bonchev–Trinajstić information content (AvgIpc) is 2.87. The lowest BCUT2D eigenvalue weighted by Crippen LogP contribution is -2.57. The van der Waals surface area contributed by atoms with Crippen LogP contribution in [0, 0.1) is 11.7 Å². The zero-order valence-corrected chi connectivity index (χ0v) is 12.0. The number of piperidine rings is 3. The molecule has 7 heteroatoms. The molecule has 0 spiro atoms. The van der Waals surface area contributed by atoms with Gasteiger partial charge < -0.3 is 20.4 Å². The van der Waals surface area contributed by atoms with Crippen LogP contribution in [0.2, 0.25) is 0 Å². The van der Waals surface area contributed by atoms with E-state index in [-0.39, 0.29) is 29.1 Å². The lowest BCUT2D eigenvalue weighted by molar-refractivity contribution is 0.0621. The number of carbonyl (C=O) groups is 1. The van der Waals surface area contributed by atoms with Crippen molar-refractivity contribution in [2.45, 2.75) is 18.9 Å². The minimum atomic E-state index is -0.539. The van der Waals surface area contributed by atoms with Gasteiger partial charge >= 0.3 is 0 Å². The Hall–Kier alpha value is -2.15. The van der Waals surface area contributed by atoms with Crippen molar-refractivity contribution in [2.24, 2.45) is 5.92 Å². The lowest BCUT2D eigenvalue weighted by atomic mass is 9.84. The highest BCUT2D eigenvalue weighted by atomic mass is 19.1. The SMILES string of the molecule is Nc1nc2c(C(=O)NC3CN4CCC3CC4)cc(F)cc2o1. The molecule has 3 fully saturated rings. The monoisotopic (exact) mass is 304 g/mol. The van der Waals surface area contributed by atoms with Crippen molar-refractivity contribution < 1.29 is 13.6 Å². The molecule has 0 aliphatic carbocycles. The fourth-order valence-electron chi connectivity index (χ4n) is 3.56. The number of rotatable bonds is 2. The molecule has 2 aromatic rings. The second-order valence-corrected chi connectivity index (χ2v) is 6.07. The van der Waals surface area contributed by atoms with Gasteiger partial charge in [-0.25, -0.2) is 4.39 Å². The lowest BCUT2D eigenvalue weighted by Gasteiger charge is -2.44. The molecule has 1 aromatic heterocycles. The summed E-state index contributed by atoms with van der Waals surface area (Å²) in [5.74, 6) is -0.361. The summed E-state index contributed by atoms with van der Waals surface area (Å²) in [5, 5.41) is 3.03. The van der Waals surface area contributed by atoms with Crippen LogP contribution < -0.4 is 11.1 Å². The van der Waals surface area contributed by atoms with Crippen LogP contribution in [0.15, 0.2) is 16.5 Å². The van der Waals surface area contributed by atoms with Gasteiger partial charge in [-0.05, 0) is 37.9 Å². The van der Waals surface area contributed by atoms with Crippen LogP contribution in [-0.2, 0) is 0 Å². The fraction of sp³-hybridized carbons (Fsp3) is 0.467. The average molecular weight is 304 g/mol. The van der Waals surface area contributed by atoms with Gasteiger partial charge in [-0.15, -0.1) is 0 Å². The van der Waals surface area contributed by atoms with Crippen LogP contribution in [0.3, 0.4) is 0 Å². The minimum Gasteiger partial charge on any atom is -0.424 e. The van der Waals surface area contributed by atoms with Gasteiger partial charge in [-0.2, -0.15) is 4.98 Å². The smallest absolute Gasteiger partial charge is 0.293 e. The number of amides is 1. The molecule has 116 valence electrons. The van der Waals surface area contributed by atoms with E-state index < -0.39 is 5.82 Å². The first-order valence-corrected chi connectivity index (χ1v) is 7.49. The summed E-state index contributed by atoms with van der Waals surface area (Å²) < 4.78 is 18.8. The molecule has 3 N–H and O–H groups in total. The third-order valence-electron chi connectivity index (χ3n) is 4.69. The number of nitrogens with one attached hydrogen (secondary N) is 1. The van der Waals surface area contributed by atoms with E-state index in [1.165, 1.54) is 12.1 Å². The molecule has 1 atom stereocenters. The second kappa shape index (κ2) is 4.95. The maximum Gasteiger partial charge on any atom is 0.293 e. The van der Waals surface area contributed by atoms with Gasteiger partial charge in [-0.3, -0.25) is 4.79 Å². The molecule has 0 radical (unpaired) electrons. The van der Waals surface area contributed by atoms with E-state index in [1.54, 1.807) is 0 Å². The molecular formula is C15H17FN4O2. The van der Waals surface area contributed by atoms with Crippen LogP contribution in [0.1, 0.15) is 23.2 Å². The Kier molecular flexibility index (Phi) is 3.04. The quantitative estimate of drug-likeness (QED) is 0.875. The van der Waals surface area contributed by atoms with Gasteiger partial charge in [0, 0.05) is 18.7 Å². The summed E-state index contributed by atoms with van der Waals surface area (Å²) >= 11 is 0. The number of nitrogen functional groups attached to an aromatic ring is 1. The maximum atomic E-state index is 13.7. The third kappa shape index (κ3) is 2.21. The number of nitrogens with zero attached hydrogens (tertiary/aromatic N) is 2. The number of aromatic nitrogens is 1.